The summed E-state index contributed by atoms with van der Waals surface area (Å²) in [5.74, 6) is -1.13. The van der Waals surface area contributed by atoms with Gasteiger partial charge in [-0.1, -0.05) is 47.5 Å². The van der Waals surface area contributed by atoms with E-state index in [2.05, 4.69) is 20.9 Å². The van der Waals surface area contributed by atoms with Gasteiger partial charge in [-0.15, -0.1) is 11.8 Å². The molecule has 0 aliphatic carbocycles. The summed E-state index contributed by atoms with van der Waals surface area (Å²) in [5, 5.41) is 8.75. The van der Waals surface area contributed by atoms with Gasteiger partial charge in [-0.3, -0.25) is 19.4 Å². The standard InChI is InChI=1S/C30H24Cl2N4O3S/c1-19(28(37)34-24-13-15-33-16-14-24)40-25-11-9-23(10-12-25)35-30(39)27(17-21-7-8-22(31)18-26(21)32)36-29(38)20-5-3-2-4-6-20/h2-19H,1H3,(H,35,39)(H,36,38)(H,33,34,37)/b27-17-. The maximum absolute atomic E-state index is 13.3. The molecule has 0 saturated heterocycles. The van der Waals surface area contributed by atoms with Gasteiger partial charge in [-0.05, 0) is 79.2 Å². The SMILES string of the molecule is CC(Sc1ccc(NC(=O)/C(=C/c2ccc(Cl)cc2Cl)NC(=O)c2ccccc2)cc1)C(=O)Nc1ccncc1. The monoisotopic (exact) mass is 590 g/mol. The molecule has 0 fully saturated rings. The van der Waals surface area contributed by atoms with Crippen molar-refractivity contribution < 1.29 is 14.4 Å². The van der Waals surface area contributed by atoms with Crippen LogP contribution in [-0.4, -0.2) is 28.0 Å². The number of amides is 3. The minimum absolute atomic E-state index is 0.00191. The molecule has 202 valence electrons. The summed E-state index contributed by atoms with van der Waals surface area (Å²) in [7, 11) is 0. The Hall–Kier alpha value is -4.11. The van der Waals surface area contributed by atoms with Gasteiger partial charge in [0.1, 0.15) is 5.70 Å². The van der Waals surface area contributed by atoms with Crippen LogP contribution in [0.5, 0.6) is 0 Å². The van der Waals surface area contributed by atoms with Gasteiger partial charge in [0.25, 0.3) is 11.8 Å². The highest BCUT2D eigenvalue weighted by Crippen LogP contribution is 2.26. The van der Waals surface area contributed by atoms with Crippen LogP contribution >= 0.6 is 35.0 Å². The minimum atomic E-state index is -0.541. The molecule has 1 unspecified atom stereocenters. The molecule has 0 bridgehead atoms. The van der Waals surface area contributed by atoms with E-state index in [1.54, 1.807) is 97.3 Å². The number of rotatable bonds is 9. The first-order chi connectivity index (χ1) is 19.3. The largest absolute Gasteiger partial charge is 0.325 e. The third-order valence-corrected chi connectivity index (χ3v) is 7.21. The van der Waals surface area contributed by atoms with Crippen molar-refractivity contribution in [3.63, 3.8) is 0 Å². The summed E-state index contributed by atoms with van der Waals surface area (Å²) in [5.41, 5.74) is 2.08. The summed E-state index contributed by atoms with van der Waals surface area (Å²) < 4.78 is 0. The quantitative estimate of drug-likeness (QED) is 0.145. The first-order valence-electron chi connectivity index (χ1n) is 12.1. The molecule has 0 spiro atoms. The Morgan fingerprint density at radius 3 is 2.20 bits per heavy atom. The number of benzene rings is 3. The maximum Gasteiger partial charge on any atom is 0.272 e. The lowest BCUT2D eigenvalue weighted by Gasteiger charge is -2.14. The van der Waals surface area contributed by atoms with Crippen molar-refractivity contribution in [1.29, 1.82) is 0 Å². The van der Waals surface area contributed by atoms with Gasteiger partial charge in [-0.25, -0.2) is 0 Å². The van der Waals surface area contributed by atoms with Crippen molar-refractivity contribution >= 4 is 70.1 Å². The molecule has 0 radical (unpaired) electrons. The molecular weight excluding hydrogens is 567 g/mol. The second kappa shape index (κ2) is 13.8. The molecule has 1 aromatic heterocycles. The van der Waals surface area contributed by atoms with E-state index in [4.69, 9.17) is 23.2 Å². The summed E-state index contributed by atoms with van der Waals surface area (Å²) in [4.78, 5) is 43.4. The first kappa shape index (κ1) is 28.9. The second-order valence-electron chi connectivity index (χ2n) is 8.51. The number of hydrogen-bond donors (Lipinski definition) is 3. The average Bonchev–Trinajstić information content (AvgIpc) is 2.96. The molecule has 4 aromatic rings. The van der Waals surface area contributed by atoms with Crippen molar-refractivity contribution in [2.75, 3.05) is 10.6 Å². The van der Waals surface area contributed by atoms with Gasteiger partial charge in [0.05, 0.1) is 5.25 Å². The van der Waals surface area contributed by atoms with Crippen LogP contribution < -0.4 is 16.0 Å². The molecule has 1 atom stereocenters. The van der Waals surface area contributed by atoms with Crippen molar-refractivity contribution in [2.45, 2.75) is 17.1 Å². The van der Waals surface area contributed by atoms with E-state index in [9.17, 15) is 14.4 Å². The normalized spacial score (nSPS) is 11.8. The number of pyridine rings is 1. The lowest BCUT2D eigenvalue weighted by Crippen LogP contribution is -2.30. The Bertz CT molecular complexity index is 1530. The first-order valence-corrected chi connectivity index (χ1v) is 13.7. The van der Waals surface area contributed by atoms with Gasteiger partial charge in [-0.2, -0.15) is 0 Å². The zero-order chi connectivity index (χ0) is 28.5. The zero-order valence-corrected chi connectivity index (χ0v) is 23.6. The van der Waals surface area contributed by atoms with Crippen LogP contribution in [0.15, 0.2) is 108 Å². The highest BCUT2D eigenvalue weighted by molar-refractivity contribution is 8.00. The van der Waals surface area contributed by atoms with Crippen molar-refractivity contribution in [2.24, 2.45) is 0 Å². The van der Waals surface area contributed by atoms with Gasteiger partial charge in [0, 0.05) is 44.3 Å². The number of aromatic nitrogens is 1. The minimum Gasteiger partial charge on any atom is -0.325 e. The summed E-state index contributed by atoms with van der Waals surface area (Å²) in [6.07, 6.45) is 4.71. The fourth-order valence-electron chi connectivity index (χ4n) is 3.47. The van der Waals surface area contributed by atoms with Crippen LogP contribution in [0.1, 0.15) is 22.8 Å². The number of nitrogens with zero attached hydrogens (tertiary/aromatic N) is 1. The van der Waals surface area contributed by atoms with Crippen LogP contribution in [-0.2, 0) is 9.59 Å². The fourth-order valence-corrected chi connectivity index (χ4v) is 4.80. The molecular formula is C30H24Cl2N4O3S. The molecule has 0 aliphatic rings. The number of anilines is 2. The van der Waals surface area contributed by atoms with E-state index >= 15 is 0 Å². The Labute approximate surface area is 246 Å². The van der Waals surface area contributed by atoms with Gasteiger partial charge in [0.2, 0.25) is 5.91 Å². The molecule has 3 amide bonds. The fraction of sp³-hybridized carbons (Fsp3) is 0.0667. The van der Waals surface area contributed by atoms with Gasteiger partial charge in [0.15, 0.2) is 0 Å². The van der Waals surface area contributed by atoms with Gasteiger partial charge >= 0.3 is 0 Å². The number of hydrogen-bond acceptors (Lipinski definition) is 5. The summed E-state index contributed by atoms with van der Waals surface area (Å²) in [6, 6.07) is 23.9. The summed E-state index contributed by atoms with van der Waals surface area (Å²) >= 11 is 13.7. The number of nitrogens with one attached hydrogen (secondary N) is 3. The van der Waals surface area contributed by atoms with Crippen molar-refractivity contribution in [1.82, 2.24) is 10.3 Å². The lowest BCUT2D eigenvalue weighted by molar-refractivity contribution is -0.115. The predicted octanol–water partition coefficient (Wildman–Crippen LogP) is 6.92. The van der Waals surface area contributed by atoms with E-state index in [0.717, 1.165) is 4.90 Å². The lowest BCUT2D eigenvalue weighted by atomic mass is 10.1. The summed E-state index contributed by atoms with van der Waals surface area (Å²) in [6.45, 7) is 1.81. The molecule has 4 rings (SSSR count). The van der Waals surface area contributed by atoms with Crippen LogP contribution in [0.2, 0.25) is 10.0 Å². The number of carbonyl (C=O) groups excluding carboxylic acids is 3. The molecule has 10 heteroatoms. The number of carbonyl (C=O) groups is 3. The highest BCUT2D eigenvalue weighted by Gasteiger charge is 2.17. The molecule has 3 aromatic carbocycles. The third-order valence-electron chi connectivity index (χ3n) is 5.53. The predicted molar refractivity (Wildman–Crippen MR) is 162 cm³/mol. The average molecular weight is 592 g/mol. The molecule has 0 aliphatic heterocycles. The molecule has 0 saturated carbocycles. The molecule has 3 N–H and O–H groups in total. The smallest absolute Gasteiger partial charge is 0.272 e. The van der Waals surface area contributed by atoms with Crippen LogP contribution in [0, 0.1) is 0 Å². The number of halogens is 2. The van der Waals surface area contributed by atoms with Gasteiger partial charge < -0.3 is 16.0 Å². The Balaban J connectivity index is 1.46. The highest BCUT2D eigenvalue weighted by atomic mass is 35.5. The molecule has 40 heavy (non-hydrogen) atoms. The van der Waals surface area contributed by atoms with Crippen LogP contribution in [0.3, 0.4) is 0 Å². The van der Waals surface area contributed by atoms with Crippen LogP contribution in [0.25, 0.3) is 6.08 Å². The third kappa shape index (κ3) is 8.19. The van der Waals surface area contributed by atoms with E-state index in [1.807, 2.05) is 6.92 Å². The number of thioether (sulfide) groups is 1. The van der Waals surface area contributed by atoms with Crippen LogP contribution in [0.4, 0.5) is 11.4 Å². The van der Waals surface area contributed by atoms with E-state index in [1.165, 1.54) is 17.8 Å². The van der Waals surface area contributed by atoms with Crippen molar-refractivity contribution in [3.8, 4) is 0 Å². The van der Waals surface area contributed by atoms with E-state index in [0.29, 0.717) is 32.5 Å². The molecule has 7 nitrogen and oxygen atoms in total. The topological polar surface area (TPSA) is 100 Å². The van der Waals surface area contributed by atoms with E-state index < -0.39 is 11.8 Å². The zero-order valence-electron chi connectivity index (χ0n) is 21.2. The maximum atomic E-state index is 13.3. The second-order valence-corrected chi connectivity index (χ2v) is 10.8. The Kier molecular flexibility index (Phi) is 9.96. The Morgan fingerprint density at radius 1 is 0.850 bits per heavy atom. The van der Waals surface area contributed by atoms with E-state index in [-0.39, 0.29) is 16.9 Å². The van der Waals surface area contributed by atoms with Crippen molar-refractivity contribution in [3.05, 3.63) is 124 Å². The molecule has 1 heterocycles. The Morgan fingerprint density at radius 2 is 1.52 bits per heavy atom.